The highest BCUT2D eigenvalue weighted by atomic mass is 35.5. The predicted molar refractivity (Wildman–Crippen MR) is 116 cm³/mol. The van der Waals surface area contributed by atoms with Crippen molar-refractivity contribution in [2.75, 3.05) is 0 Å². The highest BCUT2D eigenvalue weighted by molar-refractivity contribution is 6.31. The lowest BCUT2D eigenvalue weighted by Crippen LogP contribution is -2.36. The van der Waals surface area contributed by atoms with E-state index in [-0.39, 0.29) is 17.8 Å². The quantitative estimate of drug-likeness (QED) is 0.586. The van der Waals surface area contributed by atoms with Crippen molar-refractivity contribution in [1.82, 2.24) is 20.1 Å². The zero-order chi connectivity index (χ0) is 20.4. The second kappa shape index (κ2) is 8.56. The van der Waals surface area contributed by atoms with E-state index >= 15 is 0 Å². The molecule has 5 nitrogen and oxygen atoms in total. The maximum absolute atomic E-state index is 12.9. The zero-order valence-electron chi connectivity index (χ0n) is 16.2. The molecule has 0 aliphatic heterocycles. The third-order valence-corrected chi connectivity index (χ3v) is 5.95. The van der Waals surface area contributed by atoms with E-state index in [9.17, 15) is 4.79 Å². The van der Waals surface area contributed by atoms with E-state index in [4.69, 9.17) is 23.2 Å². The van der Waals surface area contributed by atoms with Crippen LogP contribution in [0.3, 0.4) is 0 Å². The van der Waals surface area contributed by atoms with Crippen LogP contribution in [0.25, 0.3) is 17.1 Å². The summed E-state index contributed by atoms with van der Waals surface area (Å²) < 4.78 is 1.67. The highest BCUT2D eigenvalue weighted by Crippen LogP contribution is 2.28. The molecule has 0 atom stereocenters. The summed E-state index contributed by atoms with van der Waals surface area (Å²) in [6.07, 6.45) is 5.51. The van der Waals surface area contributed by atoms with Crippen LogP contribution in [0.1, 0.15) is 48.3 Å². The number of rotatable bonds is 4. The fourth-order valence-corrected chi connectivity index (χ4v) is 4.07. The van der Waals surface area contributed by atoms with Crippen LogP contribution in [0.2, 0.25) is 10.0 Å². The Balaban J connectivity index is 1.76. The molecule has 1 heterocycles. The summed E-state index contributed by atoms with van der Waals surface area (Å²) >= 11 is 12.5. The molecular formula is C22H22Cl2N4O. The SMILES string of the molecule is Cc1c(Cl)cccc1-n1nc(C(=O)NC2CCCCC2)nc1-c1cccc(Cl)c1. The van der Waals surface area contributed by atoms with Gasteiger partial charge in [-0.3, -0.25) is 4.79 Å². The van der Waals surface area contributed by atoms with E-state index in [1.807, 2.05) is 43.3 Å². The Morgan fingerprint density at radius 3 is 2.62 bits per heavy atom. The number of nitrogens with zero attached hydrogens (tertiary/aromatic N) is 3. The molecule has 1 fully saturated rings. The Hall–Kier alpha value is -2.37. The molecule has 0 bridgehead atoms. The number of carbonyl (C=O) groups is 1. The number of halogens is 2. The lowest BCUT2D eigenvalue weighted by molar-refractivity contribution is 0.0917. The topological polar surface area (TPSA) is 59.8 Å². The smallest absolute Gasteiger partial charge is 0.291 e. The maximum Gasteiger partial charge on any atom is 0.291 e. The van der Waals surface area contributed by atoms with E-state index in [0.717, 1.165) is 42.5 Å². The normalized spacial score (nSPS) is 14.7. The molecule has 0 saturated heterocycles. The lowest BCUT2D eigenvalue weighted by atomic mass is 9.95. The first-order chi connectivity index (χ1) is 14.0. The first-order valence-corrected chi connectivity index (χ1v) is 10.6. The molecular weight excluding hydrogens is 407 g/mol. The van der Waals surface area contributed by atoms with Gasteiger partial charge in [-0.15, -0.1) is 5.10 Å². The number of aromatic nitrogens is 3. The third-order valence-electron chi connectivity index (χ3n) is 5.30. The highest BCUT2D eigenvalue weighted by Gasteiger charge is 2.23. The van der Waals surface area contributed by atoms with Gasteiger partial charge < -0.3 is 5.32 Å². The Kier molecular flexibility index (Phi) is 5.88. The van der Waals surface area contributed by atoms with E-state index in [0.29, 0.717) is 15.9 Å². The van der Waals surface area contributed by atoms with Crippen LogP contribution in [0, 0.1) is 6.92 Å². The van der Waals surface area contributed by atoms with Gasteiger partial charge in [-0.05, 0) is 49.6 Å². The Labute approximate surface area is 180 Å². The van der Waals surface area contributed by atoms with Gasteiger partial charge in [-0.1, -0.05) is 60.7 Å². The summed E-state index contributed by atoms with van der Waals surface area (Å²) in [5.41, 5.74) is 2.42. The molecule has 4 rings (SSSR count). The molecule has 0 unspecified atom stereocenters. The third kappa shape index (κ3) is 4.31. The van der Waals surface area contributed by atoms with Crippen molar-refractivity contribution in [3.63, 3.8) is 0 Å². The average molecular weight is 429 g/mol. The minimum absolute atomic E-state index is 0.143. The summed E-state index contributed by atoms with van der Waals surface area (Å²) in [5, 5.41) is 8.85. The molecule has 1 aromatic heterocycles. The van der Waals surface area contributed by atoms with Crippen molar-refractivity contribution in [2.24, 2.45) is 0 Å². The van der Waals surface area contributed by atoms with Gasteiger partial charge in [0, 0.05) is 21.7 Å². The minimum Gasteiger partial charge on any atom is -0.347 e. The van der Waals surface area contributed by atoms with Crippen molar-refractivity contribution in [2.45, 2.75) is 45.1 Å². The Morgan fingerprint density at radius 2 is 1.86 bits per heavy atom. The number of hydrogen-bond donors (Lipinski definition) is 1. The van der Waals surface area contributed by atoms with Crippen molar-refractivity contribution >= 4 is 29.1 Å². The van der Waals surface area contributed by atoms with E-state index < -0.39 is 0 Å². The van der Waals surface area contributed by atoms with Gasteiger partial charge in [0.2, 0.25) is 5.82 Å². The first kappa shape index (κ1) is 19.9. The molecule has 7 heteroatoms. The molecule has 1 aliphatic carbocycles. The summed E-state index contributed by atoms with van der Waals surface area (Å²) in [5.74, 6) is 0.440. The van der Waals surface area contributed by atoms with Crippen molar-refractivity contribution in [3.05, 3.63) is 63.9 Å². The molecule has 0 radical (unpaired) electrons. The van der Waals surface area contributed by atoms with Crippen LogP contribution in [-0.2, 0) is 0 Å². The van der Waals surface area contributed by atoms with Gasteiger partial charge in [0.25, 0.3) is 5.91 Å². The molecule has 0 spiro atoms. The van der Waals surface area contributed by atoms with Crippen molar-refractivity contribution < 1.29 is 4.79 Å². The largest absolute Gasteiger partial charge is 0.347 e. The van der Waals surface area contributed by atoms with Crippen molar-refractivity contribution in [3.8, 4) is 17.1 Å². The number of nitrogens with one attached hydrogen (secondary N) is 1. The maximum atomic E-state index is 12.9. The van der Waals surface area contributed by atoms with Crippen molar-refractivity contribution in [1.29, 1.82) is 0 Å². The summed E-state index contributed by atoms with van der Waals surface area (Å²) in [4.78, 5) is 17.4. The second-order valence-electron chi connectivity index (χ2n) is 7.37. The van der Waals surface area contributed by atoms with Gasteiger partial charge in [0.1, 0.15) is 0 Å². The lowest BCUT2D eigenvalue weighted by Gasteiger charge is -2.21. The molecule has 1 aliphatic rings. The van der Waals surface area contributed by atoms with Crippen LogP contribution >= 0.6 is 23.2 Å². The Morgan fingerprint density at radius 1 is 1.10 bits per heavy atom. The molecule has 29 heavy (non-hydrogen) atoms. The standard InChI is InChI=1S/C22H22Cl2N4O/c1-14-18(24)11-6-12-19(14)28-21(15-7-5-8-16(23)13-15)26-20(27-28)22(29)25-17-9-3-2-4-10-17/h5-8,11-13,17H,2-4,9-10H2,1H3,(H,25,29). The molecule has 1 N–H and O–H groups in total. The second-order valence-corrected chi connectivity index (χ2v) is 8.22. The molecule has 1 amide bonds. The van der Waals surface area contributed by atoms with Gasteiger partial charge in [0.15, 0.2) is 5.82 Å². The van der Waals surface area contributed by atoms with Gasteiger partial charge in [-0.2, -0.15) is 0 Å². The van der Waals surface area contributed by atoms with Crippen LogP contribution in [0.15, 0.2) is 42.5 Å². The first-order valence-electron chi connectivity index (χ1n) is 9.82. The predicted octanol–water partition coefficient (Wildman–Crippen LogP) is 5.61. The monoisotopic (exact) mass is 428 g/mol. The molecule has 2 aromatic carbocycles. The van der Waals surface area contributed by atoms with E-state index in [2.05, 4.69) is 15.4 Å². The zero-order valence-corrected chi connectivity index (χ0v) is 17.7. The number of hydrogen-bond acceptors (Lipinski definition) is 3. The van der Waals surface area contributed by atoms with Crippen LogP contribution in [0.5, 0.6) is 0 Å². The van der Waals surface area contributed by atoms with Crippen LogP contribution < -0.4 is 5.32 Å². The molecule has 150 valence electrons. The fraction of sp³-hybridized carbons (Fsp3) is 0.318. The average Bonchev–Trinajstić information content (AvgIpc) is 3.16. The number of amides is 1. The van der Waals surface area contributed by atoms with E-state index in [1.54, 1.807) is 10.7 Å². The fourth-order valence-electron chi connectivity index (χ4n) is 3.71. The summed E-state index contributed by atoms with van der Waals surface area (Å²) in [6, 6.07) is 13.1. The summed E-state index contributed by atoms with van der Waals surface area (Å²) in [7, 11) is 0. The molecule has 1 saturated carbocycles. The van der Waals surface area contributed by atoms with Crippen LogP contribution in [-0.4, -0.2) is 26.7 Å². The van der Waals surface area contributed by atoms with Gasteiger partial charge >= 0.3 is 0 Å². The Bertz CT molecular complexity index is 1040. The number of benzene rings is 2. The molecule has 3 aromatic rings. The summed E-state index contributed by atoms with van der Waals surface area (Å²) in [6.45, 7) is 1.92. The van der Waals surface area contributed by atoms with E-state index in [1.165, 1.54) is 6.42 Å². The minimum atomic E-state index is -0.251. The van der Waals surface area contributed by atoms with Crippen LogP contribution in [0.4, 0.5) is 0 Å². The van der Waals surface area contributed by atoms with Gasteiger partial charge in [0.05, 0.1) is 5.69 Å². The number of carbonyl (C=O) groups excluding carboxylic acids is 1. The van der Waals surface area contributed by atoms with Gasteiger partial charge in [-0.25, -0.2) is 9.67 Å².